The third-order valence-electron chi connectivity index (χ3n) is 10.6. The number of unbranched alkanes of at least 4 members (excludes halogenated alkanes) is 28. The topological polar surface area (TPSA) is 114 Å². The van der Waals surface area contributed by atoms with Gasteiger partial charge in [-0.05, 0) is 48.9 Å². The fourth-order valence-electron chi connectivity index (χ4n) is 7.28. The van der Waals surface area contributed by atoms with Crippen molar-refractivity contribution >= 4 is 43.3 Å². The van der Waals surface area contributed by atoms with Crippen LogP contribution in [0.4, 0.5) is 0 Å². The van der Waals surface area contributed by atoms with Crippen LogP contribution in [0.15, 0.2) is 58.3 Å². The van der Waals surface area contributed by atoms with Gasteiger partial charge in [0.15, 0.2) is 0 Å². The van der Waals surface area contributed by atoms with Gasteiger partial charge in [0.25, 0.3) is 0 Å². The van der Waals surface area contributed by atoms with E-state index in [0.29, 0.717) is 24.0 Å². The zero-order valence-electron chi connectivity index (χ0n) is 35.2. The van der Waals surface area contributed by atoms with Crippen LogP contribution in [0.3, 0.4) is 0 Å². The molecule has 2 aromatic carbocycles. The average Bonchev–Trinajstić information content (AvgIpc) is 3.14. The maximum atomic E-state index is 11.3. The first-order valence-corrected chi connectivity index (χ1v) is 25.0. The Kier molecular flexibility index (Phi) is 35.5. The molecule has 55 heavy (non-hydrogen) atoms. The molecule has 0 atom stereocenters. The maximum Gasteiger partial charge on any atom is 2.00 e. The number of benzene rings is 2. The van der Waals surface area contributed by atoms with Crippen LogP contribution in [0.25, 0.3) is 0 Å². The molecule has 0 heterocycles. The summed E-state index contributed by atoms with van der Waals surface area (Å²) in [5.74, 6) is 0. The van der Waals surface area contributed by atoms with E-state index in [9.17, 15) is 25.9 Å². The Bertz CT molecular complexity index is 1270. The standard InChI is InChI=1S/2C23H40O3S.Mg/c2*1-2-3-4-5-6-7-8-9-10-11-12-13-14-15-16-19-22-20-17-18-21-23(22)27(24,25)26;/h2*17-18,20-21H,2-16,19H2,1H3,(H,24,25,26);/q;;+2/p-2. The van der Waals surface area contributed by atoms with Crippen molar-refractivity contribution < 1.29 is 25.9 Å². The molecular weight excluding hydrogens is 737 g/mol. The Balaban J connectivity index is 0.00000104. The van der Waals surface area contributed by atoms with Gasteiger partial charge in [-0.2, -0.15) is 0 Å². The Labute approximate surface area is 355 Å². The van der Waals surface area contributed by atoms with Crippen molar-refractivity contribution in [3.8, 4) is 0 Å². The van der Waals surface area contributed by atoms with E-state index in [4.69, 9.17) is 0 Å². The summed E-state index contributed by atoms with van der Waals surface area (Å²) in [4.78, 5) is -0.0919. The van der Waals surface area contributed by atoms with Gasteiger partial charge < -0.3 is 9.11 Å². The van der Waals surface area contributed by atoms with Crippen LogP contribution in [-0.2, 0) is 33.1 Å². The molecule has 0 aliphatic rings. The second-order valence-electron chi connectivity index (χ2n) is 15.5. The third-order valence-corrected chi connectivity index (χ3v) is 12.5. The van der Waals surface area contributed by atoms with Crippen molar-refractivity contribution in [2.45, 2.75) is 229 Å². The first kappa shape index (κ1) is 54.0. The van der Waals surface area contributed by atoms with Crippen LogP contribution in [0.5, 0.6) is 0 Å². The van der Waals surface area contributed by atoms with Gasteiger partial charge in [-0.15, -0.1) is 0 Å². The first-order chi connectivity index (χ1) is 26.1. The quantitative estimate of drug-likeness (QED) is 0.0395. The van der Waals surface area contributed by atoms with E-state index in [-0.39, 0.29) is 32.8 Å². The summed E-state index contributed by atoms with van der Waals surface area (Å²) in [7, 11) is -8.71. The van der Waals surface area contributed by atoms with Gasteiger partial charge >= 0.3 is 23.1 Å². The number of rotatable bonds is 34. The second-order valence-corrected chi connectivity index (χ2v) is 18.2. The predicted molar refractivity (Wildman–Crippen MR) is 232 cm³/mol. The van der Waals surface area contributed by atoms with Gasteiger partial charge in [0, 0.05) is 0 Å². The van der Waals surface area contributed by atoms with Crippen LogP contribution in [0.2, 0.25) is 0 Å². The monoisotopic (exact) mass is 815 g/mol. The zero-order valence-corrected chi connectivity index (χ0v) is 38.3. The van der Waals surface area contributed by atoms with E-state index < -0.39 is 20.2 Å². The van der Waals surface area contributed by atoms with Crippen molar-refractivity contribution in [3.05, 3.63) is 59.7 Å². The summed E-state index contributed by atoms with van der Waals surface area (Å²) in [5, 5.41) is 0. The Morgan fingerprint density at radius 1 is 0.345 bits per heavy atom. The fourth-order valence-corrected chi connectivity index (χ4v) is 8.75. The van der Waals surface area contributed by atoms with Gasteiger partial charge in [-0.25, -0.2) is 16.8 Å². The molecule has 2 rings (SSSR count). The molecule has 0 radical (unpaired) electrons. The molecule has 0 fully saturated rings. The van der Waals surface area contributed by atoms with Crippen LogP contribution in [-0.4, -0.2) is 49.0 Å². The van der Waals surface area contributed by atoms with E-state index in [0.717, 1.165) is 25.7 Å². The van der Waals surface area contributed by atoms with Crippen molar-refractivity contribution in [1.29, 1.82) is 0 Å². The largest absolute Gasteiger partial charge is 2.00 e. The summed E-state index contributed by atoms with van der Waals surface area (Å²) in [6.45, 7) is 4.53. The molecule has 0 amide bonds. The second kappa shape index (κ2) is 36.1. The number of hydrogen-bond donors (Lipinski definition) is 0. The van der Waals surface area contributed by atoms with Crippen LogP contribution >= 0.6 is 0 Å². The zero-order chi connectivity index (χ0) is 39.6. The van der Waals surface area contributed by atoms with E-state index in [1.807, 2.05) is 0 Å². The van der Waals surface area contributed by atoms with Gasteiger partial charge in [0.05, 0.1) is 9.79 Å². The van der Waals surface area contributed by atoms with Gasteiger partial charge in [-0.1, -0.05) is 230 Å². The minimum atomic E-state index is -4.35. The molecule has 312 valence electrons. The fraction of sp³-hybridized carbons (Fsp3) is 0.739. The molecular formula is C46H78MgO6S2. The molecule has 0 aromatic heterocycles. The molecule has 0 spiro atoms. The summed E-state index contributed by atoms with van der Waals surface area (Å²) >= 11 is 0. The molecule has 0 saturated carbocycles. The van der Waals surface area contributed by atoms with Crippen LogP contribution in [0.1, 0.15) is 218 Å². The Hall–Kier alpha value is -0.974. The minimum absolute atomic E-state index is 0. The normalized spacial score (nSPS) is 11.6. The summed E-state index contributed by atoms with van der Waals surface area (Å²) in [5.41, 5.74) is 1.34. The van der Waals surface area contributed by atoms with E-state index in [2.05, 4.69) is 13.8 Å². The summed E-state index contributed by atoms with van der Waals surface area (Å²) in [6.07, 6.45) is 40.7. The minimum Gasteiger partial charge on any atom is -0.744 e. The molecule has 0 aliphatic carbocycles. The maximum absolute atomic E-state index is 11.3. The van der Waals surface area contributed by atoms with Crippen molar-refractivity contribution in [1.82, 2.24) is 0 Å². The molecule has 0 aliphatic heterocycles. The van der Waals surface area contributed by atoms with E-state index >= 15 is 0 Å². The molecule has 0 bridgehead atoms. The van der Waals surface area contributed by atoms with Crippen molar-refractivity contribution in [3.63, 3.8) is 0 Å². The third kappa shape index (κ3) is 30.7. The smallest absolute Gasteiger partial charge is 0.744 e. The van der Waals surface area contributed by atoms with Crippen molar-refractivity contribution in [2.24, 2.45) is 0 Å². The molecule has 9 heteroatoms. The van der Waals surface area contributed by atoms with Crippen LogP contribution < -0.4 is 0 Å². The number of aryl methyl sites for hydroxylation is 2. The predicted octanol–water partition coefficient (Wildman–Crippen LogP) is 13.6. The number of hydrogen-bond acceptors (Lipinski definition) is 6. The van der Waals surface area contributed by atoms with Gasteiger partial charge in [-0.3, -0.25) is 0 Å². The Morgan fingerprint density at radius 3 is 0.764 bits per heavy atom. The first-order valence-electron chi connectivity index (χ1n) is 22.2. The van der Waals surface area contributed by atoms with Crippen LogP contribution in [0, 0.1) is 0 Å². The molecule has 0 saturated heterocycles. The van der Waals surface area contributed by atoms with E-state index in [1.54, 1.807) is 36.4 Å². The van der Waals surface area contributed by atoms with E-state index in [1.165, 1.54) is 179 Å². The van der Waals surface area contributed by atoms with Gasteiger partial charge in [0.2, 0.25) is 0 Å². The Morgan fingerprint density at radius 2 is 0.545 bits per heavy atom. The molecule has 0 unspecified atom stereocenters. The molecule has 6 nitrogen and oxygen atoms in total. The summed E-state index contributed by atoms with van der Waals surface area (Å²) in [6, 6.07) is 13.2. The SMILES string of the molecule is CCCCCCCCCCCCCCCCCc1ccccc1S(=O)(=O)[O-].CCCCCCCCCCCCCCCCCc1ccccc1S(=O)(=O)[O-].[Mg+2]. The molecule has 0 N–H and O–H groups in total. The average molecular weight is 816 g/mol. The van der Waals surface area contributed by atoms with Crippen molar-refractivity contribution in [2.75, 3.05) is 0 Å². The molecule has 2 aromatic rings. The summed E-state index contributed by atoms with van der Waals surface area (Å²) < 4.78 is 67.6. The van der Waals surface area contributed by atoms with Gasteiger partial charge in [0.1, 0.15) is 20.2 Å².